The number of aromatic nitrogens is 1. The van der Waals surface area contributed by atoms with Gasteiger partial charge in [0.05, 0.1) is 5.52 Å². The van der Waals surface area contributed by atoms with Crippen LogP contribution in [-0.2, 0) is 5.41 Å². The molecule has 2 rings (SSSR count). The molecule has 90 valence electrons. The summed E-state index contributed by atoms with van der Waals surface area (Å²) >= 11 is 6.27. The maximum absolute atomic E-state index is 6.27. The summed E-state index contributed by atoms with van der Waals surface area (Å²) < 4.78 is 0. The van der Waals surface area contributed by atoms with Crippen LogP contribution in [0.25, 0.3) is 10.9 Å². The third kappa shape index (κ3) is 2.43. The Bertz CT molecular complexity index is 535. The molecule has 0 aliphatic heterocycles. The lowest BCUT2D eigenvalue weighted by molar-refractivity contribution is 0.487. The van der Waals surface area contributed by atoms with Gasteiger partial charge in [0, 0.05) is 5.39 Å². The first-order chi connectivity index (χ1) is 8.04. The minimum atomic E-state index is -0.0388. The Hall–Kier alpha value is -1.12. The van der Waals surface area contributed by atoms with Gasteiger partial charge in [-0.1, -0.05) is 43.6 Å². The van der Waals surface area contributed by atoms with Gasteiger partial charge in [-0.3, -0.25) is 0 Å². The van der Waals surface area contributed by atoms with E-state index in [1.54, 1.807) is 0 Å². The predicted octanol–water partition coefficient (Wildman–Crippen LogP) is 3.51. The molecule has 3 heteroatoms. The van der Waals surface area contributed by atoms with Gasteiger partial charge in [-0.2, -0.15) is 0 Å². The van der Waals surface area contributed by atoms with Crippen molar-refractivity contribution < 1.29 is 0 Å². The molecule has 0 radical (unpaired) electrons. The lowest BCUT2D eigenvalue weighted by Gasteiger charge is -2.25. The second-order valence-corrected chi connectivity index (χ2v) is 5.30. The number of para-hydroxylation sites is 1. The minimum absolute atomic E-state index is 0.0388. The van der Waals surface area contributed by atoms with Crippen LogP contribution in [0.4, 0.5) is 0 Å². The number of pyridine rings is 1. The molecule has 17 heavy (non-hydrogen) atoms. The van der Waals surface area contributed by atoms with Gasteiger partial charge < -0.3 is 5.73 Å². The lowest BCUT2D eigenvalue weighted by Crippen LogP contribution is -2.22. The number of nitrogens with zero attached hydrogens (tertiary/aromatic N) is 1. The van der Waals surface area contributed by atoms with E-state index in [1.807, 2.05) is 18.2 Å². The van der Waals surface area contributed by atoms with Crippen molar-refractivity contribution in [2.75, 3.05) is 6.54 Å². The van der Waals surface area contributed by atoms with Gasteiger partial charge in [-0.05, 0) is 36.1 Å². The van der Waals surface area contributed by atoms with Gasteiger partial charge in [0.2, 0.25) is 0 Å². The molecule has 1 aromatic heterocycles. The standard InChI is InChI=1S/C14H17ClN2/c1-14(2,7-8-16)11-9-10-5-3-4-6-12(10)17-13(11)15/h3-6,9H,7-8,16H2,1-2H3. The third-order valence-corrected chi connectivity index (χ3v) is 3.46. The van der Waals surface area contributed by atoms with E-state index in [9.17, 15) is 0 Å². The average molecular weight is 249 g/mol. The summed E-state index contributed by atoms with van der Waals surface area (Å²) in [5.41, 5.74) is 7.62. The van der Waals surface area contributed by atoms with E-state index in [0.29, 0.717) is 11.7 Å². The zero-order chi connectivity index (χ0) is 12.5. The van der Waals surface area contributed by atoms with Crippen molar-refractivity contribution in [1.82, 2.24) is 4.98 Å². The van der Waals surface area contributed by atoms with Gasteiger partial charge in [-0.25, -0.2) is 4.98 Å². The SMILES string of the molecule is CC(C)(CCN)c1cc2ccccc2nc1Cl. The van der Waals surface area contributed by atoms with E-state index in [4.69, 9.17) is 17.3 Å². The predicted molar refractivity (Wildman–Crippen MR) is 73.5 cm³/mol. The molecule has 1 heterocycles. The summed E-state index contributed by atoms with van der Waals surface area (Å²) in [6, 6.07) is 10.1. The largest absolute Gasteiger partial charge is 0.330 e. The minimum Gasteiger partial charge on any atom is -0.330 e. The molecule has 0 spiro atoms. The maximum atomic E-state index is 6.27. The van der Waals surface area contributed by atoms with E-state index in [0.717, 1.165) is 22.9 Å². The molecule has 0 aliphatic rings. The number of halogens is 1. The average Bonchev–Trinajstić information content (AvgIpc) is 2.27. The zero-order valence-corrected chi connectivity index (χ0v) is 11.0. The number of fused-ring (bicyclic) bond motifs is 1. The summed E-state index contributed by atoms with van der Waals surface area (Å²) in [6.07, 6.45) is 0.896. The second kappa shape index (κ2) is 4.63. The van der Waals surface area contributed by atoms with Gasteiger partial charge in [0.1, 0.15) is 5.15 Å². The van der Waals surface area contributed by atoms with Crippen LogP contribution < -0.4 is 5.73 Å². The summed E-state index contributed by atoms with van der Waals surface area (Å²) in [5.74, 6) is 0. The zero-order valence-electron chi connectivity index (χ0n) is 10.2. The fraction of sp³-hybridized carbons (Fsp3) is 0.357. The van der Waals surface area contributed by atoms with Crippen LogP contribution in [0.1, 0.15) is 25.8 Å². The van der Waals surface area contributed by atoms with Crippen LogP contribution in [0.5, 0.6) is 0 Å². The quantitative estimate of drug-likeness (QED) is 0.845. The highest BCUT2D eigenvalue weighted by Gasteiger charge is 2.23. The molecular weight excluding hydrogens is 232 g/mol. The van der Waals surface area contributed by atoms with E-state index < -0.39 is 0 Å². The van der Waals surface area contributed by atoms with Crippen LogP contribution in [0.15, 0.2) is 30.3 Å². The maximum Gasteiger partial charge on any atom is 0.133 e. The van der Waals surface area contributed by atoms with Crippen molar-refractivity contribution in [2.45, 2.75) is 25.7 Å². The molecule has 0 saturated heterocycles. The monoisotopic (exact) mass is 248 g/mol. The highest BCUT2D eigenvalue weighted by atomic mass is 35.5. The highest BCUT2D eigenvalue weighted by Crippen LogP contribution is 2.33. The molecular formula is C14H17ClN2. The molecule has 0 aliphatic carbocycles. The Morgan fingerprint density at radius 1 is 1.29 bits per heavy atom. The topological polar surface area (TPSA) is 38.9 Å². The van der Waals surface area contributed by atoms with Crippen molar-refractivity contribution in [3.05, 3.63) is 41.0 Å². The van der Waals surface area contributed by atoms with Crippen molar-refractivity contribution in [1.29, 1.82) is 0 Å². The normalized spacial score (nSPS) is 12.0. The Morgan fingerprint density at radius 3 is 2.71 bits per heavy atom. The lowest BCUT2D eigenvalue weighted by atomic mass is 9.82. The Morgan fingerprint density at radius 2 is 2.00 bits per heavy atom. The van der Waals surface area contributed by atoms with Crippen molar-refractivity contribution in [3.8, 4) is 0 Å². The molecule has 0 atom stereocenters. The molecule has 0 unspecified atom stereocenters. The van der Waals surface area contributed by atoms with Gasteiger partial charge in [0.25, 0.3) is 0 Å². The Kier molecular flexibility index (Phi) is 3.36. The molecule has 0 saturated carbocycles. The van der Waals surface area contributed by atoms with Crippen molar-refractivity contribution in [3.63, 3.8) is 0 Å². The number of nitrogens with two attached hydrogens (primary N) is 1. The number of hydrogen-bond acceptors (Lipinski definition) is 2. The van der Waals surface area contributed by atoms with Crippen LogP contribution in [0.3, 0.4) is 0 Å². The van der Waals surface area contributed by atoms with E-state index in [-0.39, 0.29) is 5.41 Å². The van der Waals surface area contributed by atoms with Crippen molar-refractivity contribution in [2.24, 2.45) is 5.73 Å². The number of hydrogen-bond donors (Lipinski definition) is 1. The molecule has 1 aromatic carbocycles. The van der Waals surface area contributed by atoms with Crippen LogP contribution in [-0.4, -0.2) is 11.5 Å². The second-order valence-electron chi connectivity index (χ2n) is 4.94. The van der Waals surface area contributed by atoms with E-state index >= 15 is 0 Å². The van der Waals surface area contributed by atoms with Gasteiger partial charge in [-0.15, -0.1) is 0 Å². The smallest absolute Gasteiger partial charge is 0.133 e. The highest BCUT2D eigenvalue weighted by molar-refractivity contribution is 6.30. The summed E-state index contributed by atoms with van der Waals surface area (Å²) in [4.78, 5) is 4.45. The third-order valence-electron chi connectivity index (χ3n) is 3.18. The fourth-order valence-electron chi connectivity index (χ4n) is 2.06. The fourth-order valence-corrected chi connectivity index (χ4v) is 2.46. The van der Waals surface area contributed by atoms with Crippen LogP contribution >= 0.6 is 11.6 Å². The van der Waals surface area contributed by atoms with Gasteiger partial charge in [0.15, 0.2) is 0 Å². The first-order valence-corrected chi connectivity index (χ1v) is 6.18. The molecule has 2 aromatic rings. The Balaban J connectivity index is 2.58. The summed E-state index contributed by atoms with van der Waals surface area (Å²) in [6.45, 7) is 4.95. The van der Waals surface area contributed by atoms with Gasteiger partial charge >= 0.3 is 0 Å². The molecule has 0 fully saturated rings. The van der Waals surface area contributed by atoms with E-state index in [2.05, 4.69) is 31.0 Å². The Labute approximate surface area is 107 Å². The molecule has 2 nitrogen and oxygen atoms in total. The summed E-state index contributed by atoms with van der Waals surface area (Å²) in [7, 11) is 0. The number of benzene rings is 1. The van der Waals surface area contributed by atoms with Crippen LogP contribution in [0, 0.1) is 0 Å². The van der Waals surface area contributed by atoms with Crippen LogP contribution in [0.2, 0.25) is 5.15 Å². The number of rotatable bonds is 3. The molecule has 0 bridgehead atoms. The summed E-state index contributed by atoms with van der Waals surface area (Å²) in [5, 5.41) is 1.71. The first-order valence-electron chi connectivity index (χ1n) is 5.80. The molecule has 0 amide bonds. The van der Waals surface area contributed by atoms with E-state index in [1.165, 1.54) is 0 Å². The first kappa shape index (κ1) is 12.3. The molecule has 2 N–H and O–H groups in total. The van der Waals surface area contributed by atoms with Crippen molar-refractivity contribution >= 4 is 22.5 Å².